The van der Waals surface area contributed by atoms with Gasteiger partial charge in [0.1, 0.15) is 0 Å². The van der Waals surface area contributed by atoms with Gasteiger partial charge in [-0.15, -0.1) is 0 Å². The average molecular weight is 408 g/mol. The summed E-state index contributed by atoms with van der Waals surface area (Å²) in [5, 5.41) is 33.8. The van der Waals surface area contributed by atoms with Crippen LogP contribution in [0.2, 0.25) is 0 Å². The molecule has 0 saturated heterocycles. The zero-order valence-corrected chi connectivity index (χ0v) is 15.2. The van der Waals surface area contributed by atoms with Gasteiger partial charge in [0.05, 0.1) is 12.8 Å². The number of carboxylic acids is 3. The first-order chi connectivity index (χ1) is 9.98. The van der Waals surface area contributed by atoms with Crippen molar-refractivity contribution in [2.75, 3.05) is 0 Å². The minimum Gasteiger partial charge on any atom is -0.724 e. The van der Waals surface area contributed by atoms with E-state index in [-0.39, 0.29) is 29.6 Å². The van der Waals surface area contributed by atoms with E-state index < -0.39 is 57.1 Å². The fourth-order valence-electron chi connectivity index (χ4n) is 0.783. The summed E-state index contributed by atoms with van der Waals surface area (Å²) in [4.78, 5) is 30.5. The van der Waals surface area contributed by atoms with E-state index in [9.17, 15) is 35.8 Å². The summed E-state index contributed by atoms with van der Waals surface area (Å²) < 4.78 is 60.2. The maximum atomic E-state index is 10.3. The predicted octanol–water partition coefficient (Wildman–Crippen LogP) is -6.05. The van der Waals surface area contributed by atoms with Gasteiger partial charge in [0.25, 0.3) is 0 Å². The van der Waals surface area contributed by atoms with Crippen LogP contribution < -0.4 is 29.6 Å². The van der Waals surface area contributed by atoms with Gasteiger partial charge >= 0.3 is 57.9 Å². The minimum atomic E-state index is -5.27. The van der Waals surface area contributed by atoms with Crippen molar-refractivity contribution in [1.82, 2.24) is 0 Å². The Balaban J connectivity index is -0.000000364. The van der Waals surface area contributed by atoms with Gasteiger partial charge in [0.15, 0.2) is 5.60 Å². The van der Waals surface area contributed by atoms with Gasteiger partial charge < -0.3 is 25.0 Å². The molecule has 0 aliphatic carbocycles. The molecule has 0 aliphatic heterocycles. The van der Waals surface area contributed by atoms with E-state index >= 15 is 0 Å². The standard InChI is InChI=1S/C6H8O7.Na.H2O8S2/c7-3(8)1-6(13,5(11)12)2-4(9)10;;1-9(2,3)7-8-10(4,5)6/h13H,1-2H2,(H,7,8)(H,9,10)(H,11,12);;(H,1,2,3)(H,4,5,6)/q;+1;/p-1. The molecule has 0 aromatic carbocycles. The largest absolute Gasteiger partial charge is 1.00 e. The molecule has 0 bridgehead atoms. The Labute approximate surface area is 155 Å². The fourth-order valence-corrected chi connectivity index (χ4v) is 1.34. The molecular formula is C6H9NaO15S2. The Morgan fingerprint density at radius 1 is 0.917 bits per heavy atom. The van der Waals surface area contributed by atoms with Crippen LogP contribution in [0.4, 0.5) is 0 Å². The van der Waals surface area contributed by atoms with Crippen molar-refractivity contribution in [3.8, 4) is 0 Å². The smallest absolute Gasteiger partial charge is 0.724 e. The van der Waals surface area contributed by atoms with Crippen LogP contribution in [0.3, 0.4) is 0 Å². The van der Waals surface area contributed by atoms with Crippen molar-refractivity contribution in [1.29, 1.82) is 0 Å². The van der Waals surface area contributed by atoms with Crippen LogP contribution in [0.15, 0.2) is 0 Å². The zero-order chi connectivity index (χ0) is 19.1. The van der Waals surface area contributed by atoms with Crippen molar-refractivity contribution < 1.29 is 99.0 Å². The molecule has 5 N–H and O–H groups in total. The van der Waals surface area contributed by atoms with Gasteiger partial charge in [-0.3, -0.25) is 14.1 Å². The molecule has 136 valence electrons. The van der Waals surface area contributed by atoms with Crippen molar-refractivity contribution in [3.63, 3.8) is 0 Å². The second-order valence-electron chi connectivity index (χ2n) is 3.45. The molecule has 0 aromatic rings. The first kappa shape index (κ1) is 27.9. The van der Waals surface area contributed by atoms with E-state index in [4.69, 9.17) is 25.0 Å². The van der Waals surface area contributed by atoms with Gasteiger partial charge in [0, 0.05) is 0 Å². The third-order valence-electron chi connectivity index (χ3n) is 1.48. The molecule has 0 amide bonds. The van der Waals surface area contributed by atoms with Crippen LogP contribution in [0.25, 0.3) is 0 Å². The molecule has 0 aromatic heterocycles. The normalized spacial score (nSPS) is 11.5. The SMILES string of the molecule is O=C(O)CC(O)(CC(=O)O)C(=O)O.O=S(=O)([O-])OOS(=O)(=O)O.[Na+]. The maximum absolute atomic E-state index is 10.3. The number of hydrogen-bond acceptors (Lipinski definition) is 11. The quantitative estimate of drug-likeness (QED) is 0.0822. The molecule has 0 radical (unpaired) electrons. The molecule has 24 heavy (non-hydrogen) atoms. The van der Waals surface area contributed by atoms with E-state index in [1.807, 2.05) is 0 Å². The van der Waals surface area contributed by atoms with Gasteiger partial charge in [-0.2, -0.15) is 8.42 Å². The minimum absolute atomic E-state index is 0. The van der Waals surface area contributed by atoms with Crippen molar-refractivity contribution in [2.45, 2.75) is 18.4 Å². The second kappa shape index (κ2) is 10.9. The third kappa shape index (κ3) is 17.5. The van der Waals surface area contributed by atoms with Crippen molar-refractivity contribution in [3.05, 3.63) is 0 Å². The van der Waals surface area contributed by atoms with Crippen LogP contribution in [0, 0.1) is 0 Å². The van der Waals surface area contributed by atoms with Crippen LogP contribution in [-0.2, 0) is 43.8 Å². The van der Waals surface area contributed by atoms with Gasteiger partial charge in [0.2, 0.25) is 10.4 Å². The summed E-state index contributed by atoms with van der Waals surface area (Å²) in [5.41, 5.74) is -2.74. The Morgan fingerprint density at radius 3 is 1.38 bits per heavy atom. The molecule has 18 heteroatoms. The fraction of sp³-hybridized carbons (Fsp3) is 0.500. The number of hydrogen-bond donors (Lipinski definition) is 5. The second-order valence-corrected chi connectivity index (χ2v) is 5.39. The Hall–Kier alpha value is -0.890. The van der Waals surface area contributed by atoms with Gasteiger partial charge in [-0.05, 0) is 0 Å². The molecule has 0 saturated carbocycles. The van der Waals surface area contributed by atoms with Crippen LogP contribution in [-0.4, -0.2) is 69.9 Å². The topological polar surface area (TPSA) is 262 Å². The van der Waals surface area contributed by atoms with E-state index in [1.165, 1.54) is 0 Å². The van der Waals surface area contributed by atoms with E-state index in [2.05, 4.69) is 8.67 Å². The molecule has 0 atom stereocenters. The molecule has 0 unspecified atom stereocenters. The first-order valence-electron chi connectivity index (χ1n) is 4.69. The summed E-state index contributed by atoms with van der Waals surface area (Å²) in [5.74, 6) is -5.02. The monoisotopic (exact) mass is 408 g/mol. The third-order valence-corrected chi connectivity index (χ3v) is 2.04. The Kier molecular flexibility index (Phi) is 12.6. The maximum Gasteiger partial charge on any atom is 1.00 e. The molecule has 0 rings (SSSR count). The molecule has 0 heterocycles. The summed E-state index contributed by atoms with van der Waals surface area (Å²) in [6, 6.07) is 0. The van der Waals surface area contributed by atoms with E-state index in [1.54, 1.807) is 0 Å². The number of aliphatic carboxylic acids is 3. The molecule has 0 aliphatic rings. The van der Waals surface area contributed by atoms with Crippen molar-refractivity contribution in [2.24, 2.45) is 0 Å². The average Bonchev–Trinajstić information content (AvgIpc) is 2.22. The Bertz CT molecular complexity index is 599. The molecule has 0 fully saturated rings. The number of carboxylic acid groups (broad SMARTS) is 3. The van der Waals surface area contributed by atoms with Crippen LogP contribution in [0.5, 0.6) is 0 Å². The van der Waals surface area contributed by atoms with Crippen LogP contribution >= 0.6 is 0 Å². The van der Waals surface area contributed by atoms with Gasteiger partial charge in [-0.25, -0.2) is 13.2 Å². The summed E-state index contributed by atoms with van der Waals surface area (Å²) >= 11 is 0. The van der Waals surface area contributed by atoms with Crippen LogP contribution in [0.1, 0.15) is 12.8 Å². The first-order valence-corrected chi connectivity index (χ1v) is 7.39. The number of carbonyl (C=O) groups is 3. The number of rotatable bonds is 8. The molecule has 15 nitrogen and oxygen atoms in total. The molecular weight excluding hydrogens is 399 g/mol. The summed E-state index contributed by atoms with van der Waals surface area (Å²) in [7, 11) is -10.3. The Morgan fingerprint density at radius 2 is 1.25 bits per heavy atom. The van der Waals surface area contributed by atoms with Gasteiger partial charge in [-0.1, -0.05) is 8.67 Å². The van der Waals surface area contributed by atoms with E-state index in [0.717, 1.165) is 0 Å². The summed E-state index contributed by atoms with van der Waals surface area (Å²) in [6.07, 6.45) is -2.29. The predicted molar refractivity (Wildman–Crippen MR) is 60.5 cm³/mol. The van der Waals surface area contributed by atoms with E-state index in [0.29, 0.717) is 0 Å². The summed E-state index contributed by atoms with van der Waals surface area (Å²) in [6.45, 7) is 0. The molecule has 0 spiro atoms. The number of aliphatic hydroxyl groups is 1. The zero-order valence-electron chi connectivity index (χ0n) is 11.5. The van der Waals surface area contributed by atoms with Crippen molar-refractivity contribution >= 4 is 38.7 Å².